The zero-order chi connectivity index (χ0) is 16.4. The summed E-state index contributed by atoms with van der Waals surface area (Å²) in [6, 6.07) is 24.9. The van der Waals surface area contributed by atoms with Crippen LogP contribution in [-0.2, 0) is 4.57 Å². The first-order valence-electron chi connectivity index (χ1n) is 7.71. The molecule has 0 N–H and O–H groups in total. The Labute approximate surface area is 140 Å². The van der Waals surface area contributed by atoms with Crippen LogP contribution in [-0.4, -0.2) is 9.97 Å². The molecule has 0 fully saturated rings. The van der Waals surface area contributed by atoms with Crippen LogP contribution in [0, 0.1) is 0 Å². The van der Waals surface area contributed by atoms with Gasteiger partial charge in [0.25, 0.3) is 0 Å². The lowest BCUT2D eigenvalue weighted by Crippen LogP contribution is -2.25. The maximum atomic E-state index is 14.2. The summed E-state index contributed by atoms with van der Waals surface area (Å²) >= 11 is 0. The Balaban J connectivity index is 2.00. The number of benzene rings is 3. The lowest BCUT2D eigenvalue weighted by atomic mass is 10.3. The number of hydrogen-bond acceptors (Lipinski definition) is 3. The minimum absolute atomic E-state index is 0.752. The number of rotatable bonds is 3. The predicted octanol–water partition coefficient (Wildman–Crippen LogP) is 3.27. The standard InChI is InChI=1S/C20H15N2OP/c23-24(16-7-3-1-4-8-16,17-9-5-2-6-10-17)18-11-12-19-20(15-18)22-14-13-21-19/h1-15H. The fourth-order valence-corrected chi connectivity index (χ4v) is 5.54. The smallest absolute Gasteiger partial charge is 0.171 e. The molecule has 3 nitrogen and oxygen atoms in total. The van der Waals surface area contributed by atoms with E-state index in [0.29, 0.717) is 0 Å². The average molecular weight is 330 g/mol. The van der Waals surface area contributed by atoms with Gasteiger partial charge in [-0.2, -0.15) is 0 Å². The molecule has 3 aromatic carbocycles. The van der Waals surface area contributed by atoms with Gasteiger partial charge in [0, 0.05) is 28.3 Å². The van der Waals surface area contributed by atoms with Gasteiger partial charge in [0.15, 0.2) is 7.14 Å². The van der Waals surface area contributed by atoms with Gasteiger partial charge in [-0.1, -0.05) is 60.7 Å². The molecule has 0 aliphatic rings. The third-order valence-electron chi connectivity index (χ3n) is 4.06. The first-order chi connectivity index (χ1) is 11.8. The van der Waals surface area contributed by atoms with E-state index in [-0.39, 0.29) is 0 Å². The monoisotopic (exact) mass is 330 g/mol. The van der Waals surface area contributed by atoms with Crippen molar-refractivity contribution < 1.29 is 4.57 Å². The first kappa shape index (κ1) is 14.8. The summed E-state index contributed by atoms with van der Waals surface area (Å²) in [5, 5.41) is 2.41. The molecule has 4 heteroatoms. The van der Waals surface area contributed by atoms with Gasteiger partial charge in [0.2, 0.25) is 0 Å². The van der Waals surface area contributed by atoms with Crippen molar-refractivity contribution in [2.24, 2.45) is 0 Å². The summed E-state index contributed by atoms with van der Waals surface area (Å²) in [5.74, 6) is 0. The Hall–Kier alpha value is -2.77. The van der Waals surface area contributed by atoms with Crippen molar-refractivity contribution in [2.45, 2.75) is 0 Å². The van der Waals surface area contributed by atoms with Gasteiger partial charge in [-0.15, -0.1) is 0 Å². The van der Waals surface area contributed by atoms with Crippen molar-refractivity contribution in [3.63, 3.8) is 0 Å². The molecular weight excluding hydrogens is 315 g/mol. The van der Waals surface area contributed by atoms with E-state index >= 15 is 0 Å². The lowest BCUT2D eigenvalue weighted by molar-refractivity contribution is 0.592. The zero-order valence-corrected chi connectivity index (χ0v) is 13.8. The molecule has 0 radical (unpaired) electrons. The molecule has 0 unspecified atom stereocenters. The molecule has 116 valence electrons. The highest BCUT2D eigenvalue weighted by molar-refractivity contribution is 7.85. The molecule has 24 heavy (non-hydrogen) atoms. The minimum Gasteiger partial charge on any atom is -0.309 e. The molecule has 4 rings (SSSR count). The van der Waals surface area contributed by atoms with E-state index in [4.69, 9.17) is 0 Å². The van der Waals surface area contributed by atoms with Crippen molar-refractivity contribution in [2.75, 3.05) is 0 Å². The molecule has 4 aromatic rings. The van der Waals surface area contributed by atoms with E-state index in [1.54, 1.807) is 12.4 Å². The highest BCUT2D eigenvalue weighted by atomic mass is 31.2. The van der Waals surface area contributed by atoms with Gasteiger partial charge in [0.1, 0.15) is 0 Å². The SMILES string of the molecule is O=P(c1ccccc1)(c1ccccc1)c1ccc2nccnc2c1. The van der Waals surface area contributed by atoms with Gasteiger partial charge in [0.05, 0.1) is 11.0 Å². The zero-order valence-electron chi connectivity index (χ0n) is 12.9. The fourth-order valence-electron chi connectivity index (χ4n) is 2.87. The van der Waals surface area contributed by atoms with E-state index in [1.807, 2.05) is 78.9 Å². The van der Waals surface area contributed by atoms with Crippen molar-refractivity contribution in [3.8, 4) is 0 Å². The van der Waals surface area contributed by atoms with Crippen molar-refractivity contribution in [1.82, 2.24) is 9.97 Å². The maximum Gasteiger partial charge on any atom is 0.171 e. The second-order valence-corrected chi connectivity index (χ2v) is 8.28. The van der Waals surface area contributed by atoms with E-state index in [2.05, 4.69) is 9.97 Å². The summed E-state index contributed by atoms with van der Waals surface area (Å²) in [7, 11) is -2.95. The van der Waals surface area contributed by atoms with Crippen LogP contribution in [0.3, 0.4) is 0 Å². The Morgan fingerprint density at radius 2 is 1.12 bits per heavy atom. The molecule has 0 spiro atoms. The molecule has 0 aliphatic carbocycles. The van der Waals surface area contributed by atoms with E-state index in [9.17, 15) is 4.57 Å². The minimum atomic E-state index is -2.95. The van der Waals surface area contributed by atoms with Crippen LogP contribution < -0.4 is 15.9 Å². The molecule has 1 aromatic heterocycles. The second kappa shape index (κ2) is 6.03. The number of aromatic nitrogens is 2. The fraction of sp³-hybridized carbons (Fsp3) is 0. The summed E-state index contributed by atoms with van der Waals surface area (Å²) in [6.45, 7) is 0. The normalized spacial score (nSPS) is 11.5. The number of hydrogen-bond donors (Lipinski definition) is 0. The third kappa shape index (κ3) is 2.44. The van der Waals surface area contributed by atoms with E-state index in [0.717, 1.165) is 26.9 Å². The lowest BCUT2D eigenvalue weighted by Gasteiger charge is -2.20. The second-order valence-electron chi connectivity index (χ2n) is 5.51. The quantitative estimate of drug-likeness (QED) is 0.542. The molecule has 0 saturated carbocycles. The molecule has 0 bridgehead atoms. The van der Waals surface area contributed by atoms with E-state index < -0.39 is 7.14 Å². The third-order valence-corrected chi connectivity index (χ3v) is 7.11. The Kier molecular flexibility index (Phi) is 3.72. The Bertz CT molecular complexity index is 989. The summed E-state index contributed by atoms with van der Waals surface area (Å²) < 4.78 is 14.2. The van der Waals surface area contributed by atoms with Crippen molar-refractivity contribution in [1.29, 1.82) is 0 Å². The molecule has 0 aliphatic heterocycles. The van der Waals surface area contributed by atoms with Crippen molar-refractivity contribution in [3.05, 3.63) is 91.3 Å². The van der Waals surface area contributed by atoms with Crippen LogP contribution in [0.4, 0.5) is 0 Å². The molecule has 0 amide bonds. The molecule has 1 heterocycles. The number of fused-ring (bicyclic) bond motifs is 1. The van der Waals surface area contributed by atoms with Crippen molar-refractivity contribution >= 4 is 34.1 Å². The number of nitrogens with zero attached hydrogens (tertiary/aromatic N) is 2. The van der Waals surface area contributed by atoms with Crippen LogP contribution in [0.5, 0.6) is 0 Å². The Morgan fingerprint density at radius 3 is 1.71 bits per heavy atom. The first-order valence-corrected chi connectivity index (χ1v) is 9.42. The van der Waals surface area contributed by atoms with Crippen LogP contribution in [0.15, 0.2) is 91.3 Å². The highest BCUT2D eigenvalue weighted by Crippen LogP contribution is 2.42. The summed E-state index contributed by atoms with van der Waals surface area (Å²) in [6.07, 6.45) is 3.32. The Morgan fingerprint density at radius 1 is 0.583 bits per heavy atom. The van der Waals surface area contributed by atoms with Crippen LogP contribution >= 0.6 is 7.14 Å². The van der Waals surface area contributed by atoms with Gasteiger partial charge in [-0.25, -0.2) is 0 Å². The van der Waals surface area contributed by atoms with Crippen LogP contribution in [0.2, 0.25) is 0 Å². The van der Waals surface area contributed by atoms with Gasteiger partial charge < -0.3 is 4.57 Å². The summed E-state index contributed by atoms with van der Waals surface area (Å²) in [5.41, 5.74) is 1.55. The molecule has 0 atom stereocenters. The maximum absolute atomic E-state index is 14.2. The van der Waals surface area contributed by atoms with Gasteiger partial charge >= 0.3 is 0 Å². The largest absolute Gasteiger partial charge is 0.309 e. The van der Waals surface area contributed by atoms with Crippen LogP contribution in [0.1, 0.15) is 0 Å². The molecular formula is C20H15N2OP. The average Bonchev–Trinajstić information content (AvgIpc) is 2.68. The molecule has 0 saturated heterocycles. The van der Waals surface area contributed by atoms with Gasteiger partial charge in [-0.05, 0) is 18.2 Å². The van der Waals surface area contributed by atoms with Crippen LogP contribution in [0.25, 0.3) is 11.0 Å². The predicted molar refractivity (Wildman–Crippen MR) is 98.9 cm³/mol. The summed E-state index contributed by atoms with van der Waals surface area (Å²) in [4.78, 5) is 8.66. The van der Waals surface area contributed by atoms with E-state index in [1.165, 1.54) is 0 Å². The van der Waals surface area contributed by atoms with Gasteiger partial charge in [-0.3, -0.25) is 9.97 Å². The topological polar surface area (TPSA) is 42.9 Å². The highest BCUT2D eigenvalue weighted by Gasteiger charge is 2.29.